The molecule has 1 aromatic heterocycles. The Labute approximate surface area is 134 Å². The van der Waals surface area contributed by atoms with E-state index < -0.39 is 0 Å². The van der Waals surface area contributed by atoms with E-state index >= 15 is 0 Å². The van der Waals surface area contributed by atoms with Gasteiger partial charge in [0.05, 0.1) is 11.0 Å². The SMILES string of the molecule is CCCCCCCCCCCC#Cn1cnc2ccccc21. The van der Waals surface area contributed by atoms with Crippen LogP contribution >= 0.6 is 0 Å². The van der Waals surface area contributed by atoms with Crippen LogP contribution in [0.5, 0.6) is 0 Å². The highest BCUT2D eigenvalue weighted by molar-refractivity contribution is 5.75. The van der Waals surface area contributed by atoms with E-state index in [1.165, 1.54) is 57.8 Å². The predicted molar refractivity (Wildman–Crippen MR) is 94.8 cm³/mol. The highest BCUT2D eigenvalue weighted by Gasteiger charge is 1.97. The van der Waals surface area contributed by atoms with Crippen molar-refractivity contribution in [2.75, 3.05) is 0 Å². The molecule has 118 valence electrons. The summed E-state index contributed by atoms with van der Waals surface area (Å²) in [5, 5.41) is 0. The maximum Gasteiger partial charge on any atom is 0.108 e. The van der Waals surface area contributed by atoms with E-state index in [-0.39, 0.29) is 0 Å². The van der Waals surface area contributed by atoms with Crippen molar-refractivity contribution < 1.29 is 0 Å². The molecular weight excluding hydrogens is 268 g/mol. The largest absolute Gasteiger partial charge is 0.257 e. The first-order valence-corrected chi connectivity index (χ1v) is 8.83. The van der Waals surface area contributed by atoms with Crippen molar-refractivity contribution in [1.82, 2.24) is 9.55 Å². The van der Waals surface area contributed by atoms with Gasteiger partial charge in [-0.25, -0.2) is 4.98 Å². The molecule has 0 aliphatic carbocycles. The molecule has 1 aromatic carbocycles. The highest BCUT2D eigenvalue weighted by atomic mass is 15.0. The van der Waals surface area contributed by atoms with Crippen molar-refractivity contribution in [2.45, 2.75) is 71.1 Å². The molecule has 0 saturated carbocycles. The molecule has 0 N–H and O–H groups in total. The Morgan fingerprint density at radius 1 is 0.909 bits per heavy atom. The summed E-state index contributed by atoms with van der Waals surface area (Å²) in [5.74, 6) is 3.27. The molecule has 2 aromatic rings. The Kier molecular flexibility index (Phi) is 7.60. The third kappa shape index (κ3) is 5.56. The van der Waals surface area contributed by atoms with Crippen molar-refractivity contribution in [3.63, 3.8) is 0 Å². The molecule has 0 unspecified atom stereocenters. The first-order valence-electron chi connectivity index (χ1n) is 8.83. The van der Waals surface area contributed by atoms with Crippen LogP contribution in [0.3, 0.4) is 0 Å². The topological polar surface area (TPSA) is 17.8 Å². The molecule has 0 aliphatic heterocycles. The van der Waals surface area contributed by atoms with Crippen molar-refractivity contribution >= 4 is 11.0 Å². The standard InChI is InChI=1S/C20H28N2/c1-2-3-4-5-6-7-8-9-10-11-14-17-22-18-21-19-15-12-13-16-20(19)22/h12-13,15-16,18H,2-11H2,1H3. The minimum atomic E-state index is 0.988. The maximum absolute atomic E-state index is 4.35. The molecule has 0 spiro atoms. The fraction of sp³-hybridized carbons (Fsp3) is 0.550. The maximum atomic E-state index is 4.35. The second-order valence-electron chi connectivity index (χ2n) is 5.97. The van der Waals surface area contributed by atoms with Gasteiger partial charge in [-0.1, -0.05) is 76.3 Å². The zero-order valence-corrected chi connectivity index (χ0v) is 13.9. The van der Waals surface area contributed by atoms with Gasteiger partial charge < -0.3 is 0 Å². The van der Waals surface area contributed by atoms with E-state index in [1.807, 2.05) is 29.1 Å². The molecule has 0 bridgehead atoms. The lowest BCUT2D eigenvalue weighted by molar-refractivity contribution is 0.567. The fourth-order valence-electron chi connectivity index (χ4n) is 2.71. The summed E-state index contributed by atoms with van der Waals surface area (Å²) < 4.78 is 1.93. The van der Waals surface area contributed by atoms with Crippen LogP contribution in [-0.4, -0.2) is 9.55 Å². The molecule has 22 heavy (non-hydrogen) atoms. The smallest absolute Gasteiger partial charge is 0.108 e. The van der Waals surface area contributed by atoms with E-state index in [0.717, 1.165) is 17.5 Å². The van der Waals surface area contributed by atoms with E-state index in [4.69, 9.17) is 0 Å². The van der Waals surface area contributed by atoms with Crippen molar-refractivity contribution in [3.05, 3.63) is 30.6 Å². The molecule has 0 fully saturated rings. The second kappa shape index (κ2) is 10.1. The summed E-state index contributed by atoms with van der Waals surface area (Å²) in [6.07, 6.45) is 15.1. The normalized spacial score (nSPS) is 10.6. The van der Waals surface area contributed by atoms with Gasteiger partial charge in [0.25, 0.3) is 0 Å². The number of benzene rings is 1. The molecule has 0 amide bonds. The summed E-state index contributed by atoms with van der Waals surface area (Å²) in [6.45, 7) is 2.27. The molecular formula is C20H28N2. The Hall–Kier alpha value is -1.75. The lowest BCUT2D eigenvalue weighted by Gasteiger charge is -2.00. The highest BCUT2D eigenvalue weighted by Crippen LogP contribution is 2.11. The van der Waals surface area contributed by atoms with Crippen LogP contribution in [0.25, 0.3) is 11.0 Å². The average molecular weight is 296 g/mol. The van der Waals surface area contributed by atoms with Crippen molar-refractivity contribution in [2.24, 2.45) is 0 Å². The summed E-state index contributed by atoms with van der Waals surface area (Å²) in [4.78, 5) is 4.35. The number of para-hydroxylation sites is 2. The van der Waals surface area contributed by atoms with Crippen LogP contribution in [0.15, 0.2) is 30.6 Å². The summed E-state index contributed by atoms with van der Waals surface area (Å²) in [6, 6.07) is 11.3. The lowest BCUT2D eigenvalue weighted by atomic mass is 10.1. The molecule has 0 atom stereocenters. The van der Waals surface area contributed by atoms with Crippen LogP contribution in [0.2, 0.25) is 0 Å². The van der Waals surface area contributed by atoms with Crippen molar-refractivity contribution in [1.29, 1.82) is 0 Å². The van der Waals surface area contributed by atoms with Crippen LogP contribution in [0.4, 0.5) is 0 Å². The Bertz CT molecular complexity index is 601. The zero-order valence-electron chi connectivity index (χ0n) is 13.9. The third-order valence-electron chi connectivity index (χ3n) is 4.06. The van der Waals surface area contributed by atoms with Gasteiger partial charge in [-0.05, 0) is 18.6 Å². The van der Waals surface area contributed by atoms with Gasteiger partial charge in [0.15, 0.2) is 0 Å². The molecule has 0 saturated heterocycles. The number of unbranched alkanes of at least 4 members (excludes halogenated alkanes) is 9. The first-order chi connectivity index (χ1) is 10.9. The van der Waals surface area contributed by atoms with E-state index in [9.17, 15) is 0 Å². The van der Waals surface area contributed by atoms with Crippen molar-refractivity contribution in [3.8, 4) is 12.0 Å². The number of hydrogen-bond acceptors (Lipinski definition) is 1. The number of fused-ring (bicyclic) bond motifs is 1. The Morgan fingerprint density at radius 2 is 1.59 bits per heavy atom. The number of imidazole rings is 1. The quantitative estimate of drug-likeness (QED) is 0.424. The van der Waals surface area contributed by atoms with Crippen LogP contribution in [0.1, 0.15) is 71.1 Å². The second-order valence-corrected chi connectivity index (χ2v) is 5.97. The number of nitrogens with zero attached hydrogens (tertiary/aromatic N) is 2. The molecule has 2 nitrogen and oxygen atoms in total. The van der Waals surface area contributed by atoms with Crippen LogP contribution in [-0.2, 0) is 0 Å². The van der Waals surface area contributed by atoms with Gasteiger partial charge >= 0.3 is 0 Å². The summed E-state index contributed by atoms with van der Waals surface area (Å²) >= 11 is 0. The molecule has 2 rings (SSSR count). The van der Waals surface area contributed by atoms with Gasteiger partial charge in [-0.2, -0.15) is 0 Å². The molecule has 0 aliphatic rings. The van der Waals surface area contributed by atoms with E-state index in [0.29, 0.717) is 0 Å². The van der Waals surface area contributed by atoms with Gasteiger partial charge in [0.1, 0.15) is 6.33 Å². The number of hydrogen-bond donors (Lipinski definition) is 0. The Morgan fingerprint density at radius 3 is 2.36 bits per heavy atom. The zero-order chi connectivity index (χ0) is 15.5. The predicted octanol–water partition coefficient (Wildman–Crippen LogP) is 5.77. The molecule has 2 heteroatoms. The monoisotopic (exact) mass is 296 g/mol. The molecule has 1 heterocycles. The van der Waals surface area contributed by atoms with Gasteiger partial charge in [0.2, 0.25) is 0 Å². The summed E-state index contributed by atoms with van der Waals surface area (Å²) in [7, 11) is 0. The Balaban J connectivity index is 1.58. The van der Waals surface area contributed by atoms with Gasteiger partial charge in [-0.15, -0.1) is 0 Å². The first kappa shape index (κ1) is 16.6. The van der Waals surface area contributed by atoms with Gasteiger partial charge in [0, 0.05) is 12.5 Å². The minimum Gasteiger partial charge on any atom is -0.257 e. The van der Waals surface area contributed by atoms with Gasteiger partial charge in [-0.3, -0.25) is 4.57 Å². The average Bonchev–Trinajstić information content (AvgIpc) is 2.96. The van der Waals surface area contributed by atoms with E-state index in [2.05, 4.69) is 29.9 Å². The lowest BCUT2D eigenvalue weighted by Crippen LogP contribution is -1.85. The van der Waals surface area contributed by atoms with Crippen LogP contribution in [0, 0.1) is 12.0 Å². The fourth-order valence-corrected chi connectivity index (χ4v) is 2.71. The van der Waals surface area contributed by atoms with Crippen LogP contribution < -0.4 is 0 Å². The summed E-state index contributed by atoms with van der Waals surface area (Å²) in [5.41, 5.74) is 2.11. The minimum absolute atomic E-state index is 0.988. The number of aromatic nitrogens is 2. The number of rotatable bonds is 9. The molecule has 0 radical (unpaired) electrons. The van der Waals surface area contributed by atoms with E-state index in [1.54, 1.807) is 0 Å². The third-order valence-corrected chi connectivity index (χ3v) is 4.06.